The number of aliphatic hydroxyl groups excluding tert-OH is 1. The van der Waals surface area contributed by atoms with Gasteiger partial charge in [0.15, 0.2) is 0 Å². The smallest absolute Gasteiger partial charge is 0.255 e. The second-order valence-corrected chi connectivity index (χ2v) is 6.40. The number of aryl methyl sites for hydroxylation is 1. The number of amides is 2. The van der Waals surface area contributed by atoms with Crippen LogP contribution in [0.1, 0.15) is 39.1 Å². The molecule has 0 aliphatic carbocycles. The molecule has 5 heteroatoms. The number of benzene rings is 2. The molecule has 1 aliphatic rings. The number of piperidine rings is 1. The molecule has 1 heterocycles. The van der Waals surface area contributed by atoms with Crippen molar-refractivity contribution in [1.82, 2.24) is 4.90 Å². The fourth-order valence-electron chi connectivity index (χ4n) is 3.08. The van der Waals surface area contributed by atoms with Crippen LogP contribution in [-0.2, 0) is 0 Å². The lowest BCUT2D eigenvalue weighted by molar-refractivity contribution is 0.0474. The summed E-state index contributed by atoms with van der Waals surface area (Å²) in [5.74, 6) is -0.318. The number of nitrogens with zero attached hydrogens (tertiary/aromatic N) is 1. The Morgan fingerprint density at radius 3 is 2.72 bits per heavy atom. The quantitative estimate of drug-likeness (QED) is 0.904. The van der Waals surface area contributed by atoms with Crippen molar-refractivity contribution in [1.29, 1.82) is 0 Å². The fraction of sp³-hybridized carbons (Fsp3) is 0.300. The molecule has 0 aromatic heterocycles. The maximum atomic E-state index is 12.6. The van der Waals surface area contributed by atoms with Gasteiger partial charge in [-0.25, -0.2) is 0 Å². The molecule has 0 saturated carbocycles. The molecule has 1 atom stereocenters. The van der Waals surface area contributed by atoms with Gasteiger partial charge in [-0.05, 0) is 49.6 Å². The van der Waals surface area contributed by atoms with Crippen LogP contribution in [-0.4, -0.2) is 41.0 Å². The van der Waals surface area contributed by atoms with E-state index < -0.39 is 6.10 Å². The van der Waals surface area contributed by atoms with Gasteiger partial charge in [0.25, 0.3) is 11.8 Å². The van der Waals surface area contributed by atoms with Gasteiger partial charge in [0.1, 0.15) is 0 Å². The summed E-state index contributed by atoms with van der Waals surface area (Å²) in [5.41, 5.74) is 2.60. The first-order chi connectivity index (χ1) is 12.0. The standard InChI is InChI=1S/C20H22N2O3/c1-14-6-2-3-10-18(14)19(24)21-16-8-4-7-15(12-16)20(25)22-11-5-9-17(23)13-22/h2-4,6-8,10,12,17,23H,5,9,11,13H2,1H3,(H,21,24). The lowest BCUT2D eigenvalue weighted by Crippen LogP contribution is -2.42. The van der Waals surface area contributed by atoms with E-state index in [1.165, 1.54) is 0 Å². The molecule has 1 saturated heterocycles. The van der Waals surface area contributed by atoms with Gasteiger partial charge in [-0.15, -0.1) is 0 Å². The van der Waals surface area contributed by atoms with E-state index >= 15 is 0 Å². The Hall–Kier alpha value is -2.66. The van der Waals surface area contributed by atoms with Crippen LogP contribution in [0, 0.1) is 6.92 Å². The van der Waals surface area contributed by atoms with Gasteiger partial charge >= 0.3 is 0 Å². The lowest BCUT2D eigenvalue weighted by Gasteiger charge is -2.30. The van der Waals surface area contributed by atoms with Gasteiger partial charge in [-0.2, -0.15) is 0 Å². The van der Waals surface area contributed by atoms with Gasteiger partial charge in [0.2, 0.25) is 0 Å². The van der Waals surface area contributed by atoms with Crippen LogP contribution >= 0.6 is 0 Å². The molecule has 2 N–H and O–H groups in total. The molecule has 0 radical (unpaired) electrons. The Labute approximate surface area is 147 Å². The van der Waals surface area contributed by atoms with Crippen LogP contribution in [0.15, 0.2) is 48.5 Å². The second kappa shape index (κ2) is 7.49. The number of hydrogen-bond donors (Lipinski definition) is 2. The number of likely N-dealkylation sites (tertiary alicyclic amines) is 1. The molecule has 0 bridgehead atoms. The summed E-state index contributed by atoms with van der Waals surface area (Å²) in [7, 11) is 0. The predicted octanol–water partition coefficient (Wildman–Crippen LogP) is 2.84. The molecular weight excluding hydrogens is 316 g/mol. The monoisotopic (exact) mass is 338 g/mol. The minimum Gasteiger partial charge on any atom is -0.391 e. The largest absolute Gasteiger partial charge is 0.391 e. The minimum atomic E-state index is -0.457. The third kappa shape index (κ3) is 4.06. The Bertz CT molecular complexity index is 788. The van der Waals surface area contributed by atoms with Gasteiger partial charge < -0.3 is 15.3 Å². The third-order valence-corrected chi connectivity index (χ3v) is 4.44. The average molecular weight is 338 g/mol. The number of aliphatic hydroxyl groups is 1. The molecule has 0 spiro atoms. The summed E-state index contributed by atoms with van der Waals surface area (Å²) in [6.07, 6.45) is 1.08. The Kier molecular flexibility index (Phi) is 5.14. The number of anilines is 1. The van der Waals surface area contributed by atoms with E-state index in [1.54, 1.807) is 35.2 Å². The maximum absolute atomic E-state index is 12.6. The Morgan fingerprint density at radius 1 is 1.16 bits per heavy atom. The highest BCUT2D eigenvalue weighted by atomic mass is 16.3. The first-order valence-corrected chi connectivity index (χ1v) is 8.49. The van der Waals surface area contributed by atoms with E-state index in [4.69, 9.17) is 0 Å². The Morgan fingerprint density at radius 2 is 1.96 bits per heavy atom. The predicted molar refractivity (Wildman–Crippen MR) is 96.7 cm³/mol. The van der Waals surface area contributed by atoms with Crippen LogP contribution in [0.4, 0.5) is 5.69 Å². The van der Waals surface area contributed by atoms with Crippen molar-refractivity contribution >= 4 is 17.5 Å². The molecular formula is C20H22N2O3. The maximum Gasteiger partial charge on any atom is 0.255 e. The number of rotatable bonds is 3. The SMILES string of the molecule is Cc1ccccc1C(=O)Nc1cccc(C(=O)N2CCCC(O)C2)c1. The Balaban J connectivity index is 1.74. The molecule has 1 unspecified atom stereocenters. The van der Waals surface area contributed by atoms with Crippen molar-refractivity contribution in [3.63, 3.8) is 0 Å². The molecule has 130 valence electrons. The van der Waals surface area contributed by atoms with Crippen molar-refractivity contribution in [2.75, 3.05) is 18.4 Å². The van der Waals surface area contributed by atoms with Crippen molar-refractivity contribution in [2.45, 2.75) is 25.9 Å². The zero-order valence-corrected chi connectivity index (χ0v) is 14.2. The fourth-order valence-corrected chi connectivity index (χ4v) is 3.08. The van der Waals surface area contributed by atoms with E-state index in [0.29, 0.717) is 29.9 Å². The molecule has 3 rings (SSSR count). The molecule has 1 aliphatic heterocycles. The summed E-state index contributed by atoms with van der Waals surface area (Å²) in [5, 5.41) is 12.6. The summed E-state index contributed by atoms with van der Waals surface area (Å²) in [4.78, 5) is 26.7. The van der Waals surface area contributed by atoms with E-state index in [1.807, 2.05) is 25.1 Å². The van der Waals surface area contributed by atoms with Crippen molar-refractivity contribution in [2.24, 2.45) is 0 Å². The first kappa shape index (κ1) is 17.2. The summed E-state index contributed by atoms with van der Waals surface area (Å²) < 4.78 is 0. The normalized spacial score (nSPS) is 17.2. The molecule has 2 aromatic rings. The molecule has 5 nitrogen and oxygen atoms in total. The van der Waals surface area contributed by atoms with E-state index in [2.05, 4.69) is 5.32 Å². The second-order valence-electron chi connectivity index (χ2n) is 6.40. The number of nitrogens with one attached hydrogen (secondary N) is 1. The van der Waals surface area contributed by atoms with Gasteiger partial charge in [-0.3, -0.25) is 9.59 Å². The van der Waals surface area contributed by atoms with E-state index in [0.717, 1.165) is 18.4 Å². The first-order valence-electron chi connectivity index (χ1n) is 8.49. The molecule has 2 amide bonds. The summed E-state index contributed by atoms with van der Waals surface area (Å²) >= 11 is 0. The minimum absolute atomic E-state index is 0.120. The highest BCUT2D eigenvalue weighted by Crippen LogP contribution is 2.18. The van der Waals surface area contributed by atoms with Gasteiger partial charge in [-0.1, -0.05) is 24.3 Å². The highest BCUT2D eigenvalue weighted by molar-refractivity contribution is 6.06. The zero-order chi connectivity index (χ0) is 17.8. The van der Waals surface area contributed by atoms with Crippen LogP contribution in [0.3, 0.4) is 0 Å². The average Bonchev–Trinajstić information content (AvgIpc) is 2.61. The molecule has 2 aromatic carbocycles. The van der Waals surface area contributed by atoms with Crippen LogP contribution in [0.2, 0.25) is 0 Å². The van der Waals surface area contributed by atoms with Crippen LogP contribution < -0.4 is 5.32 Å². The van der Waals surface area contributed by atoms with Crippen LogP contribution in [0.5, 0.6) is 0 Å². The van der Waals surface area contributed by atoms with Crippen molar-refractivity contribution in [3.05, 3.63) is 65.2 Å². The lowest BCUT2D eigenvalue weighted by atomic mass is 10.1. The molecule has 25 heavy (non-hydrogen) atoms. The van der Waals surface area contributed by atoms with Crippen LogP contribution in [0.25, 0.3) is 0 Å². The van der Waals surface area contributed by atoms with Gasteiger partial charge in [0.05, 0.1) is 6.10 Å². The van der Waals surface area contributed by atoms with E-state index in [9.17, 15) is 14.7 Å². The van der Waals surface area contributed by atoms with E-state index in [-0.39, 0.29) is 11.8 Å². The number of carbonyl (C=O) groups is 2. The van der Waals surface area contributed by atoms with Crippen molar-refractivity contribution < 1.29 is 14.7 Å². The summed E-state index contributed by atoms with van der Waals surface area (Å²) in [6, 6.07) is 14.3. The third-order valence-electron chi connectivity index (χ3n) is 4.44. The summed E-state index contributed by atoms with van der Waals surface area (Å²) in [6.45, 7) is 2.89. The number of carbonyl (C=O) groups excluding carboxylic acids is 2. The number of β-amino-alcohol motifs (C(OH)–C–C–N with tert-alkyl or cyclic N) is 1. The van der Waals surface area contributed by atoms with Crippen molar-refractivity contribution in [3.8, 4) is 0 Å². The zero-order valence-electron chi connectivity index (χ0n) is 14.2. The van der Waals surface area contributed by atoms with Gasteiger partial charge in [0, 0.05) is 29.9 Å². The number of hydrogen-bond acceptors (Lipinski definition) is 3. The highest BCUT2D eigenvalue weighted by Gasteiger charge is 2.23. The topological polar surface area (TPSA) is 69.6 Å². The molecule has 1 fully saturated rings.